The number of sulfonamides is 1. The molecule has 0 aromatic rings. The largest absolute Gasteiger partial charge is 0.398 e. The second kappa shape index (κ2) is 11.1. The fraction of sp³-hybridized carbons (Fsp3) is 0.357. The topological polar surface area (TPSA) is 122 Å². The third-order valence-corrected chi connectivity index (χ3v) is 3.58. The number of allylic oxidation sites excluding steroid dienone is 1. The first-order valence-electron chi connectivity index (χ1n) is 6.89. The van der Waals surface area contributed by atoms with Gasteiger partial charge in [0.2, 0.25) is 10.0 Å². The molecule has 9 nitrogen and oxygen atoms in total. The normalized spacial score (nSPS) is 14.4. The summed E-state index contributed by atoms with van der Waals surface area (Å²) in [5.74, 6) is 0.344. The van der Waals surface area contributed by atoms with E-state index >= 15 is 0 Å². The standard InChI is InChI=1S/C14H24N6O3S/c1-6-19-23-11-8-13(15)12(2)14(16-3)18-9-7-10-20(17-4)24(5,21)22/h6-8,10-11,17H,3,9,15H2,1-2,4-5H3/b10-7+,11-8+,13-12?,18-14?,19-6+. The van der Waals surface area contributed by atoms with Gasteiger partial charge in [-0.25, -0.2) is 23.3 Å². The molecule has 0 heterocycles. The first kappa shape index (κ1) is 21.5. The van der Waals surface area contributed by atoms with Crippen LogP contribution >= 0.6 is 0 Å². The van der Waals surface area contributed by atoms with E-state index < -0.39 is 10.0 Å². The number of nitrogens with one attached hydrogen (secondary N) is 1. The van der Waals surface area contributed by atoms with Crippen LogP contribution in [-0.2, 0) is 14.9 Å². The first-order valence-corrected chi connectivity index (χ1v) is 8.74. The van der Waals surface area contributed by atoms with Gasteiger partial charge in [0.25, 0.3) is 0 Å². The van der Waals surface area contributed by atoms with Crippen LogP contribution in [0.1, 0.15) is 13.8 Å². The number of nitrogens with zero attached hydrogens (tertiary/aromatic N) is 4. The van der Waals surface area contributed by atoms with Gasteiger partial charge < -0.3 is 10.6 Å². The van der Waals surface area contributed by atoms with Crippen molar-refractivity contribution in [1.82, 2.24) is 9.84 Å². The minimum absolute atomic E-state index is 0.201. The highest BCUT2D eigenvalue weighted by atomic mass is 32.2. The Bertz CT molecular complexity index is 662. The van der Waals surface area contributed by atoms with Crippen LogP contribution in [0.25, 0.3) is 0 Å². The van der Waals surface area contributed by atoms with Gasteiger partial charge >= 0.3 is 0 Å². The van der Waals surface area contributed by atoms with Gasteiger partial charge in [-0.15, -0.1) is 0 Å². The Hall–Kier alpha value is -2.46. The van der Waals surface area contributed by atoms with Gasteiger partial charge in [-0.2, -0.15) is 0 Å². The van der Waals surface area contributed by atoms with Gasteiger partial charge in [0.15, 0.2) is 5.84 Å². The summed E-state index contributed by atoms with van der Waals surface area (Å²) >= 11 is 0. The molecule has 3 N–H and O–H groups in total. The predicted molar refractivity (Wildman–Crippen MR) is 98.0 cm³/mol. The summed E-state index contributed by atoms with van der Waals surface area (Å²) in [5.41, 5.74) is 9.41. The van der Waals surface area contributed by atoms with Gasteiger partial charge in [-0.1, -0.05) is 5.16 Å². The quantitative estimate of drug-likeness (QED) is 0.208. The average molecular weight is 356 g/mol. The summed E-state index contributed by atoms with van der Waals surface area (Å²) in [6.45, 7) is 7.10. The number of rotatable bonds is 9. The lowest BCUT2D eigenvalue weighted by molar-refractivity contribution is 0.270. The van der Waals surface area contributed by atoms with Crippen LogP contribution in [0.3, 0.4) is 0 Å². The molecular weight excluding hydrogens is 332 g/mol. The Labute approximate surface area is 143 Å². The molecule has 0 unspecified atom stereocenters. The second-order valence-electron chi connectivity index (χ2n) is 4.34. The van der Waals surface area contributed by atoms with Crippen LogP contribution in [0.15, 0.2) is 51.0 Å². The fourth-order valence-electron chi connectivity index (χ4n) is 1.37. The van der Waals surface area contributed by atoms with Crippen molar-refractivity contribution >= 4 is 28.8 Å². The molecule has 24 heavy (non-hydrogen) atoms. The van der Waals surface area contributed by atoms with E-state index in [1.54, 1.807) is 19.9 Å². The Morgan fingerprint density at radius 3 is 2.62 bits per heavy atom. The summed E-state index contributed by atoms with van der Waals surface area (Å²) in [6, 6.07) is 0. The molecule has 0 aliphatic carbocycles. The molecule has 0 atom stereocenters. The van der Waals surface area contributed by atoms with Crippen LogP contribution in [0.4, 0.5) is 0 Å². The minimum Gasteiger partial charge on any atom is -0.398 e. The highest BCUT2D eigenvalue weighted by molar-refractivity contribution is 7.88. The zero-order valence-corrected chi connectivity index (χ0v) is 15.1. The van der Waals surface area contributed by atoms with Gasteiger partial charge in [0, 0.05) is 30.7 Å². The van der Waals surface area contributed by atoms with Crippen LogP contribution in [0.2, 0.25) is 0 Å². The second-order valence-corrected chi connectivity index (χ2v) is 6.20. The molecule has 0 spiro atoms. The highest BCUT2D eigenvalue weighted by Crippen LogP contribution is 2.05. The number of hydrazine groups is 1. The molecule has 0 aromatic carbocycles. The summed E-state index contributed by atoms with van der Waals surface area (Å²) in [7, 11) is -1.88. The fourth-order valence-corrected chi connectivity index (χ4v) is 2.01. The molecule has 0 saturated carbocycles. The van der Waals surface area contributed by atoms with E-state index in [-0.39, 0.29) is 6.54 Å². The highest BCUT2D eigenvalue weighted by Gasteiger charge is 2.08. The van der Waals surface area contributed by atoms with Crippen LogP contribution in [-0.4, -0.2) is 51.4 Å². The lowest BCUT2D eigenvalue weighted by Gasteiger charge is -2.15. The maximum atomic E-state index is 11.4. The molecule has 0 aliphatic heterocycles. The summed E-state index contributed by atoms with van der Waals surface area (Å²) in [6.07, 6.45) is 8.34. The molecule has 0 saturated heterocycles. The van der Waals surface area contributed by atoms with E-state index in [2.05, 4.69) is 27.3 Å². The Balaban J connectivity index is 5.03. The van der Waals surface area contributed by atoms with Crippen LogP contribution in [0.5, 0.6) is 0 Å². The van der Waals surface area contributed by atoms with Gasteiger partial charge in [-0.05, 0) is 32.7 Å². The Kier molecular flexibility index (Phi) is 9.99. The van der Waals surface area contributed by atoms with E-state index in [0.717, 1.165) is 10.7 Å². The lowest BCUT2D eigenvalue weighted by atomic mass is 10.2. The smallest absolute Gasteiger partial charge is 0.245 e. The Morgan fingerprint density at radius 2 is 2.12 bits per heavy atom. The van der Waals surface area contributed by atoms with Crippen molar-refractivity contribution in [3.63, 3.8) is 0 Å². The van der Waals surface area contributed by atoms with E-state index in [9.17, 15) is 8.42 Å². The van der Waals surface area contributed by atoms with Crippen molar-refractivity contribution in [1.29, 1.82) is 0 Å². The number of aliphatic imine (C=N–C) groups is 2. The predicted octanol–water partition coefficient (Wildman–Crippen LogP) is 0.764. The summed E-state index contributed by atoms with van der Waals surface area (Å²) in [4.78, 5) is 12.8. The number of amidine groups is 1. The summed E-state index contributed by atoms with van der Waals surface area (Å²) in [5, 5.41) is 3.55. The maximum Gasteiger partial charge on any atom is 0.245 e. The summed E-state index contributed by atoms with van der Waals surface area (Å²) < 4.78 is 23.7. The van der Waals surface area contributed by atoms with E-state index in [1.165, 1.54) is 31.8 Å². The average Bonchev–Trinajstić information content (AvgIpc) is 2.53. The minimum atomic E-state index is -3.38. The monoisotopic (exact) mass is 356 g/mol. The molecule has 0 rings (SSSR count). The van der Waals surface area contributed by atoms with Crippen molar-refractivity contribution in [3.8, 4) is 0 Å². The Morgan fingerprint density at radius 1 is 1.46 bits per heavy atom. The van der Waals surface area contributed by atoms with Crippen molar-refractivity contribution in [2.75, 3.05) is 19.8 Å². The van der Waals surface area contributed by atoms with E-state index in [4.69, 9.17) is 10.6 Å². The first-order chi connectivity index (χ1) is 11.3. The molecule has 10 heteroatoms. The molecule has 0 amide bonds. The number of hydrogen-bond donors (Lipinski definition) is 2. The van der Waals surface area contributed by atoms with Gasteiger partial charge in [0.05, 0.1) is 12.8 Å². The molecule has 0 fully saturated rings. The van der Waals surface area contributed by atoms with E-state index in [1.807, 2.05) is 0 Å². The third kappa shape index (κ3) is 8.25. The van der Waals surface area contributed by atoms with E-state index in [0.29, 0.717) is 17.1 Å². The van der Waals surface area contributed by atoms with Crippen molar-refractivity contribution < 1.29 is 13.3 Å². The van der Waals surface area contributed by atoms with Crippen molar-refractivity contribution in [2.45, 2.75) is 13.8 Å². The molecule has 0 radical (unpaired) electrons. The zero-order valence-electron chi connectivity index (χ0n) is 14.3. The molecule has 0 aromatic heterocycles. The third-order valence-electron chi connectivity index (χ3n) is 2.56. The van der Waals surface area contributed by atoms with Crippen LogP contribution < -0.4 is 11.2 Å². The van der Waals surface area contributed by atoms with Crippen molar-refractivity contribution in [2.24, 2.45) is 20.9 Å². The number of nitrogens with two attached hydrogens (primary N) is 1. The molecular formula is C14H24N6O3S. The number of oxime groups is 1. The van der Waals surface area contributed by atoms with Crippen molar-refractivity contribution in [3.05, 3.63) is 35.9 Å². The zero-order chi connectivity index (χ0) is 18.6. The van der Waals surface area contributed by atoms with Crippen LogP contribution in [0, 0.1) is 0 Å². The lowest BCUT2D eigenvalue weighted by Crippen LogP contribution is -2.34. The SMILES string of the molecule is C=NC(=NC/C=C/N(NC)S(C)(=O)=O)C(C)=C(N)/C=C/O/N=C/C. The molecule has 134 valence electrons. The molecule has 0 aliphatic rings. The number of hydrogen-bond acceptors (Lipinski definition) is 7. The maximum absolute atomic E-state index is 11.4. The van der Waals surface area contributed by atoms with Gasteiger partial charge in [0.1, 0.15) is 6.26 Å². The van der Waals surface area contributed by atoms with Gasteiger partial charge in [-0.3, -0.25) is 4.99 Å². The molecule has 0 bridgehead atoms.